The molecular formula is C16H16ClF2NO. The Morgan fingerprint density at radius 2 is 1.95 bits per heavy atom. The monoisotopic (exact) mass is 311 g/mol. The molecule has 5 heteroatoms. The largest absolute Gasteiger partial charge is 0.495 e. The zero-order chi connectivity index (χ0) is 15.4. The zero-order valence-corrected chi connectivity index (χ0v) is 12.3. The third-order valence-electron chi connectivity index (χ3n) is 3.38. The van der Waals surface area contributed by atoms with Crippen molar-refractivity contribution in [2.24, 2.45) is 5.73 Å². The van der Waals surface area contributed by atoms with Gasteiger partial charge in [0.1, 0.15) is 17.4 Å². The summed E-state index contributed by atoms with van der Waals surface area (Å²) in [6.45, 7) is 0.212. The van der Waals surface area contributed by atoms with Gasteiger partial charge in [0, 0.05) is 5.92 Å². The predicted molar refractivity (Wildman–Crippen MR) is 79.9 cm³/mol. The van der Waals surface area contributed by atoms with Gasteiger partial charge in [0.05, 0.1) is 12.1 Å². The maximum Gasteiger partial charge on any atom is 0.137 e. The van der Waals surface area contributed by atoms with Crippen molar-refractivity contribution in [1.29, 1.82) is 0 Å². The lowest BCUT2D eigenvalue weighted by atomic mass is 9.91. The lowest BCUT2D eigenvalue weighted by Crippen LogP contribution is -2.16. The molecule has 0 aromatic heterocycles. The van der Waals surface area contributed by atoms with Crippen LogP contribution in [0, 0.1) is 11.6 Å². The van der Waals surface area contributed by atoms with Crippen LogP contribution >= 0.6 is 11.6 Å². The summed E-state index contributed by atoms with van der Waals surface area (Å²) in [6.07, 6.45) is 0.473. The van der Waals surface area contributed by atoms with Gasteiger partial charge in [-0.05, 0) is 54.4 Å². The predicted octanol–water partition coefficient (Wildman–Crippen LogP) is 3.91. The first-order valence-corrected chi connectivity index (χ1v) is 6.90. The summed E-state index contributed by atoms with van der Waals surface area (Å²) in [7, 11) is 1.53. The number of rotatable bonds is 5. The molecule has 0 amide bonds. The quantitative estimate of drug-likeness (QED) is 0.908. The normalized spacial score (nSPS) is 12.2. The van der Waals surface area contributed by atoms with E-state index in [2.05, 4.69) is 0 Å². The Labute approximate surface area is 127 Å². The fourth-order valence-electron chi connectivity index (χ4n) is 2.27. The smallest absolute Gasteiger partial charge is 0.137 e. The molecule has 0 heterocycles. The highest BCUT2D eigenvalue weighted by Gasteiger charge is 2.16. The number of hydrogen-bond acceptors (Lipinski definition) is 2. The molecular weight excluding hydrogens is 296 g/mol. The number of nitrogens with two attached hydrogens (primary N) is 1. The van der Waals surface area contributed by atoms with Crippen LogP contribution in [-0.2, 0) is 6.42 Å². The van der Waals surface area contributed by atoms with E-state index in [1.165, 1.54) is 13.2 Å². The average molecular weight is 312 g/mol. The van der Waals surface area contributed by atoms with E-state index in [4.69, 9.17) is 22.1 Å². The molecule has 0 fully saturated rings. The van der Waals surface area contributed by atoms with E-state index in [1.54, 1.807) is 12.1 Å². The first-order valence-electron chi connectivity index (χ1n) is 6.52. The summed E-state index contributed by atoms with van der Waals surface area (Å²) in [5.41, 5.74) is 6.89. The number of hydrogen-bond donors (Lipinski definition) is 1. The van der Waals surface area contributed by atoms with Gasteiger partial charge in [-0.15, -0.1) is 0 Å². The van der Waals surface area contributed by atoms with Gasteiger partial charge in [-0.2, -0.15) is 0 Å². The molecule has 2 aromatic carbocycles. The van der Waals surface area contributed by atoms with Gasteiger partial charge in [0.25, 0.3) is 0 Å². The summed E-state index contributed by atoms with van der Waals surface area (Å²) in [5.74, 6) is -0.670. The standard InChI is InChI=1S/C16H16ClF2NO/c1-21-16-5-2-10(7-14(16)17)6-11(9-20)13-8-12(18)3-4-15(13)19/h2-5,7-8,11H,6,9,20H2,1H3. The minimum absolute atomic E-state index is 0.212. The molecule has 0 aliphatic rings. The van der Waals surface area contributed by atoms with Crippen molar-refractivity contribution in [1.82, 2.24) is 0 Å². The molecule has 2 nitrogen and oxygen atoms in total. The summed E-state index contributed by atoms with van der Waals surface area (Å²) >= 11 is 6.07. The third-order valence-corrected chi connectivity index (χ3v) is 3.68. The Hall–Kier alpha value is -1.65. The molecule has 1 unspecified atom stereocenters. The van der Waals surface area contributed by atoms with E-state index in [-0.39, 0.29) is 18.0 Å². The number of halogens is 3. The lowest BCUT2D eigenvalue weighted by molar-refractivity contribution is 0.415. The fraction of sp³-hybridized carbons (Fsp3) is 0.250. The second-order valence-electron chi connectivity index (χ2n) is 4.77. The van der Waals surface area contributed by atoms with Crippen LogP contribution in [0.4, 0.5) is 8.78 Å². The van der Waals surface area contributed by atoms with Crippen LogP contribution in [0.1, 0.15) is 17.0 Å². The summed E-state index contributed by atoms with van der Waals surface area (Å²) in [6, 6.07) is 8.74. The van der Waals surface area contributed by atoms with Crippen molar-refractivity contribution < 1.29 is 13.5 Å². The molecule has 0 spiro atoms. The van der Waals surface area contributed by atoms with Crippen molar-refractivity contribution >= 4 is 11.6 Å². The second kappa shape index (κ2) is 6.87. The summed E-state index contributed by atoms with van der Waals surface area (Å²) in [5, 5.41) is 0.477. The second-order valence-corrected chi connectivity index (χ2v) is 5.18. The first-order chi connectivity index (χ1) is 10.0. The van der Waals surface area contributed by atoms with Crippen LogP contribution in [-0.4, -0.2) is 13.7 Å². The van der Waals surface area contributed by atoms with Gasteiger partial charge in [0.15, 0.2) is 0 Å². The van der Waals surface area contributed by atoms with E-state index in [0.717, 1.165) is 17.7 Å². The van der Waals surface area contributed by atoms with Crippen molar-refractivity contribution in [3.05, 3.63) is 64.2 Å². The molecule has 112 valence electrons. The minimum Gasteiger partial charge on any atom is -0.495 e. The van der Waals surface area contributed by atoms with E-state index in [9.17, 15) is 8.78 Å². The van der Waals surface area contributed by atoms with E-state index in [0.29, 0.717) is 17.2 Å². The Balaban J connectivity index is 2.26. The van der Waals surface area contributed by atoms with Gasteiger partial charge >= 0.3 is 0 Å². The summed E-state index contributed by atoms with van der Waals surface area (Å²) in [4.78, 5) is 0. The van der Waals surface area contributed by atoms with E-state index < -0.39 is 11.6 Å². The maximum absolute atomic E-state index is 13.8. The Bertz CT molecular complexity index is 634. The van der Waals surface area contributed by atoms with Crippen molar-refractivity contribution in [3.8, 4) is 5.75 Å². The SMILES string of the molecule is COc1ccc(CC(CN)c2cc(F)ccc2F)cc1Cl. The van der Waals surface area contributed by atoms with Gasteiger partial charge in [-0.1, -0.05) is 17.7 Å². The van der Waals surface area contributed by atoms with Crippen LogP contribution in [0.3, 0.4) is 0 Å². The van der Waals surface area contributed by atoms with Gasteiger partial charge in [0.2, 0.25) is 0 Å². The highest BCUT2D eigenvalue weighted by atomic mass is 35.5. The van der Waals surface area contributed by atoms with Gasteiger partial charge in [-0.25, -0.2) is 8.78 Å². The Morgan fingerprint density at radius 3 is 2.57 bits per heavy atom. The molecule has 2 rings (SSSR count). The molecule has 0 bridgehead atoms. The topological polar surface area (TPSA) is 35.2 Å². The Morgan fingerprint density at radius 1 is 1.19 bits per heavy atom. The molecule has 0 aliphatic heterocycles. The number of benzene rings is 2. The zero-order valence-electron chi connectivity index (χ0n) is 11.6. The van der Waals surface area contributed by atoms with E-state index >= 15 is 0 Å². The maximum atomic E-state index is 13.8. The van der Waals surface area contributed by atoms with Crippen molar-refractivity contribution in [2.75, 3.05) is 13.7 Å². The number of methoxy groups -OCH3 is 1. The highest BCUT2D eigenvalue weighted by Crippen LogP contribution is 2.29. The van der Waals surface area contributed by atoms with Crippen molar-refractivity contribution in [2.45, 2.75) is 12.3 Å². The molecule has 0 saturated heterocycles. The molecule has 0 aliphatic carbocycles. The van der Waals surface area contributed by atoms with Crippen LogP contribution in [0.2, 0.25) is 5.02 Å². The average Bonchev–Trinajstić information content (AvgIpc) is 2.47. The molecule has 0 saturated carbocycles. The van der Waals surface area contributed by atoms with Gasteiger partial charge < -0.3 is 10.5 Å². The fourth-order valence-corrected chi connectivity index (χ4v) is 2.55. The van der Waals surface area contributed by atoms with Crippen LogP contribution in [0.25, 0.3) is 0 Å². The Kier molecular flexibility index (Phi) is 5.15. The molecule has 2 N–H and O–H groups in total. The molecule has 2 aromatic rings. The summed E-state index contributed by atoms with van der Waals surface area (Å²) < 4.78 is 32.2. The molecule has 0 radical (unpaired) electrons. The van der Waals surface area contributed by atoms with Crippen molar-refractivity contribution in [3.63, 3.8) is 0 Å². The lowest BCUT2D eigenvalue weighted by Gasteiger charge is -2.17. The minimum atomic E-state index is -0.474. The van der Waals surface area contributed by atoms with Gasteiger partial charge in [-0.3, -0.25) is 0 Å². The molecule has 1 atom stereocenters. The van der Waals surface area contributed by atoms with E-state index in [1.807, 2.05) is 6.07 Å². The first kappa shape index (κ1) is 15.7. The highest BCUT2D eigenvalue weighted by molar-refractivity contribution is 6.32. The third kappa shape index (κ3) is 3.71. The number of ether oxygens (including phenoxy) is 1. The van der Waals surface area contributed by atoms with Crippen LogP contribution in [0.15, 0.2) is 36.4 Å². The molecule has 21 heavy (non-hydrogen) atoms. The van der Waals surface area contributed by atoms with Crippen LogP contribution < -0.4 is 10.5 Å². The van der Waals surface area contributed by atoms with Crippen LogP contribution in [0.5, 0.6) is 5.75 Å².